The van der Waals surface area contributed by atoms with Gasteiger partial charge in [-0.15, -0.1) is 0 Å². The molecule has 0 spiro atoms. The van der Waals surface area contributed by atoms with Crippen LogP contribution in [0.4, 0.5) is 0 Å². The molecule has 0 aliphatic heterocycles. The third-order valence-electron chi connectivity index (χ3n) is 3.26. The molecule has 0 unspecified atom stereocenters. The lowest BCUT2D eigenvalue weighted by Crippen LogP contribution is -2.50. The highest BCUT2D eigenvalue weighted by molar-refractivity contribution is 4.44. The van der Waals surface area contributed by atoms with E-state index in [-0.39, 0.29) is 5.48 Å². The molecule has 16 heavy (non-hydrogen) atoms. The summed E-state index contributed by atoms with van der Waals surface area (Å²) in [6, 6.07) is 0. The summed E-state index contributed by atoms with van der Waals surface area (Å²) in [6.45, 7) is 10.5. The van der Waals surface area contributed by atoms with Crippen LogP contribution in [0.3, 0.4) is 0 Å². The van der Waals surface area contributed by atoms with Gasteiger partial charge < -0.3 is 15.1 Å². The largest absolute Gasteiger partial charge is 0.870 e. The minimum absolute atomic E-state index is 0. The fourth-order valence-electron chi connectivity index (χ4n) is 2.03. The van der Waals surface area contributed by atoms with Crippen molar-refractivity contribution in [3.63, 3.8) is 0 Å². The number of hydrogen-bond acceptors (Lipinski definition) is 2. The molecule has 0 aromatic carbocycles. The number of hydrogen-bond donors (Lipinski definition) is 1. The van der Waals surface area contributed by atoms with E-state index in [2.05, 4.69) is 20.8 Å². The van der Waals surface area contributed by atoms with Gasteiger partial charge in [-0.1, -0.05) is 40.0 Å². The van der Waals surface area contributed by atoms with Crippen LogP contribution < -0.4 is 0 Å². The molecule has 0 rings (SSSR count). The molecule has 0 amide bonds. The van der Waals surface area contributed by atoms with Crippen molar-refractivity contribution in [2.75, 3.05) is 26.4 Å². The molecule has 3 nitrogen and oxygen atoms in total. The average molecular weight is 233 g/mol. The van der Waals surface area contributed by atoms with Crippen molar-refractivity contribution in [3.8, 4) is 0 Å². The smallest absolute Gasteiger partial charge is 0.180 e. The van der Waals surface area contributed by atoms with Gasteiger partial charge in [0.2, 0.25) is 0 Å². The van der Waals surface area contributed by atoms with Gasteiger partial charge in [0, 0.05) is 0 Å². The highest BCUT2D eigenvalue weighted by Gasteiger charge is 2.24. The fraction of sp³-hybridized carbons (Fsp3) is 1.00. The first-order valence-electron chi connectivity index (χ1n) is 6.70. The maximum Gasteiger partial charge on any atom is 0.180 e. The third kappa shape index (κ3) is 7.20. The van der Waals surface area contributed by atoms with Crippen molar-refractivity contribution in [1.29, 1.82) is 0 Å². The summed E-state index contributed by atoms with van der Waals surface area (Å²) < 4.78 is 0.940. The molecule has 0 atom stereocenters. The molecule has 0 saturated heterocycles. The molecular formula is C13H31NO2. The van der Waals surface area contributed by atoms with Gasteiger partial charge in [0.15, 0.2) is 6.73 Å². The summed E-state index contributed by atoms with van der Waals surface area (Å²) in [5.74, 6) is 0. The Morgan fingerprint density at radius 3 is 1.25 bits per heavy atom. The lowest BCUT2D eigenvalue weighted by Gasteiger charge is -2.37. The van der Waals surface area contributed by atoms with Crippen LogP contribution in [-0.4, -0.2) is 41.4 Å². The molecule has 3 heteroatoms. The first kappa shape index (κ1) is 18.3. The summed E-state index contributed by atoms with van der Waals surface area (Å²) in [5, 5.41) is 9.63. The van der Waals surface area contributed by atoms with Gasteiger partial charge in [0.25, 0.3) is 0 Å². The predicted octanol–water partition coefficient (Wildman–Crippen LogP) is 2.98. The zero-order valence-electron chi connectivity index (χ0n) is 11.4. The second-order valence-corrected chi connectivity index (χ2v) is 4.71. The Bertz CT molecular complexity index is 118. The fourth-order valence-corrected chi connectivity index (χ4v) is 2.03. The van der Waals surface area contributed by atoms with Gasteiger partial charge >= 0.3 is 0 Å². The van der Waals surface area contributed by atoms with Crippen LogP contribution in [0, 0.1) is 0 Å². The van der Waals surface area contributed by atoms with E-state index in [0.29, 0.717) is 6.73 Å². The number of aliphatic hydroxyl groups excluding tert-OH is 1. The van der Waals surface area contributed by atoms with Gasteiger partial charge in [-0.3, -0.25) is 0 Å². The molecule has 0 aliphatic rings. The average Bonchev–Trinajstić information content (AvgIpc) is 2.29. The van der Waals surface area contributed by atoms with Crippen molar-refractivity contribution >= 4 is 0 Å². The van der Waals surface area contributed by atoms with Crippen molar-refractivity contribution in [1.82, 2.24) is 0 Å². The van der Waals surface area contributed by atoms with Crippen LogP contribution >= 0.6 is 0 Å². The standard InChI is InChI=1S/C13H30NO.H2O/c1-4-7-10-14(13-15,11-8-5-2)12-9-6-3;/h15H,4-13H2,1-3H3;1H2/q+1;/p-1. The van der Waals surface area contributed by atoms with Crippen LogP contribution in [-0.2, 0) is 0 Å². The maximum absolute atomic E-state index is 9.63. The van der Waals surface area contributed by atoms with Crippen molar-refractivity contribution in [2.45, 2.75) is 59.3 Å². The van der Waals surface area contributed by atoms with Crippen LogP contribution in [0.25, 0.3) is 0 Å². The second-order valence-electron chi connectivity index (χ2n) is 4.71. The van der Waals surface area contributed by atoms with Crippen molar-refractivity contribution in [2.24, 2.45) is 0 Å². The van der Waals surface area contributed by atoms with Gasteiger partial charge in [0.1, 0.15) is 0 Å². The van der Waals surface area contributed by atoms with Gasteiger partial charge in [-0.05, 0) is 19.3 Å². The molecule has 0 heterocycles. The van der Waals surface area contributed by atoms with Crippen molar-refractivity contribution < 1.29 is 15.1 Å². The number of nitrogens with zero attached hydrogens (tertiary/aromatic N) is 1. The molecule has 0 aromatic rings. The van der Waals surface area contributed by atoms with E-state index in [4.69, 9.17) is 0 Å². The SMILES string of the molecule is CCCC[N+](CO)(CCCC)CCCC.[OH-]. The molecule has 100 valence electrons. The van der Waals surface area contributed by atoms with E-state index in [1.165, 1.54) is 38.5 Å². The summed E-state index contributed by atoms with van der Waals surface area (Å²) >= 11 is 0. The van der Waals surface area contributed by atoms with Gasteiger partial charge in [-0.2, -0.15) is 0 Å². The first-order valence-corrected chi connectivity index (χ1v) is 6.70. The Balaban J connectivity index is 0. The van der Waals surface area contributed by atoms with Gasteiger partial charge in [-0.25, -0.2) is 0 Å². The summed E-state index contributed by atoms with van der Waals surface area (Å²) in [6.07, 6.45) is 7.44. The Morgan fingerprint density at radius 1 is 0.750 bits per heavy atom. The normalized spacial score (nSPS) is 11.2. The lowest BCUT2D eigenvalue weighted by atomic mass is 10.2. The monoisotopic (exact) mass is 233 g/mol. The molecule has 0 aromatic heterocycles. The molecular weight excluding hydrogens is 202 g/mol. The molecule has 2 N–H and O–H groups in total. The Kier molecular flexibility index (Phi) is 13.0. The Labute approximate surface area is 101 Å². The Hall–Kier alpha value is -0.120. The highest BCUT2D eigenvalue weighted by atomic mass is 16.3. The quantitative estimate of drug-likeness (QED) is 0.466. The third-order valence-corrected chi connectivity index (χ3v) is 3.26. The number of rotatable bonds is 10. The molecule has 0 fully saturated rings. The minimum atomic E-state index is 0. The van der Waals surface area contributed by atoms with Crippen LogP contribution in [0.15, 0.2) is 0 Å². The molecule has 0 bridgehead atoms. The zero-order valence-corrected chi connectivity index (χ0v) is 11.4. The highest BCUT2D eigenvalue weighted by Crippen LogP contribution is 2.13. The Morgan fingerprint density at radius 2 is 1.06 bits per heavy atom. The summed E-state index contributed by atoms with van der Waals surface area (Å²) in [4.78, 5) is 0. The van der Waals surface area contributed by atoms with Crippen LogP contribution in [0.1, 0.15) is 59.3 Å². The predicted molar refractivity (Wildman–Crippen MR) is 68.6 cm³/mol. The molecule has 0 saturated carbocycles. The lowest BCUT2D eigenvalue weighted by molar-refractivity contribution is -0.945. The van der Waals surface area contributed by atoms with E-state index in [9.17, 15) is 5.11 Å². The van der Waals surface area contributed by atoms with E-state index in [1.807, 2.05) is 0 Å². The van der Waals surface area contributed by atoms with Gasteiger partial charge in [0.05, 0.1) is 19.6 Å². The van der Waals surface area contributed by atoms with E-state index >= 15 is 0 Å². The second kappa shape index (κ2) is 11.4. The van der Waals surface area contributed by atoms with E-state index < -0.39 is 0 Å². The topological polar surface area (TPSA) is 50.2 Å². The number of aliphatic hydroxyl groups is 1. The maximum atomic E-state index is 9.63. The molecule has 0 radical (unpaired) electrons. The first-order chi connectivity index (χ1) is 7.24. The minimum Gasteiger partial charge on any atom is -0.870 e. The number of quaternary nitrogens is 1. The molecule has 0 aliphatic carbocycles. The van der Waals surface area contributed by atoms with E-state index in [1.54, 1.807) is 0 Å². The van der Waals surface area contributed by atoms with Crippen LogP contribution in [0.2, 0.25) is 0 Å². The zero-order chi connectivity index (χ0) is 11.6. The summed E-state index contributed by atoms with van der Waals surface area (Å²) in [5.41, 5.74) is 0. The summed E-state index contributed by atoms with van der Waals surface area (Å²) in [7, 11) is 0. The number of unbranched alkanes of at least 4 members (excludes halogenated alkanes) is 3. The van der Waals surface area contributed by atoms with E-state index in [0.717, 1.165) is 24.1 Å². The van der Waals surface area contributed by atoms with Crippen LogP contribution in [0.5, 0.6) is 0 Å². The van der Waals surface area contributed by atoms with Crippen molar-refractivity contribution in [3.05, 3.63) is 0 Å².